The van der Waals surface area contributed by atoms with Crippen LogP contribution in [0.1, 0.15) is 27.7 Å². The normalized spacial score (nSPS) is 16.1. The van der Waals surface area contributed by atoms with Crippen molar-refractivity contribution in [1.82, 2.24) is 4.98 Å². The minimum Gasteiger partial charge on any atom is -0.506 e. The summed E-state index contributed by atoms with van der Waals surface area (Å²) in [6.45, 7) is 1.81. The lowest BCUT2D eigenvalue weighted by Gasteiger charge is -2.27. The van der Waals surface area contributed by atoms with Gasteiger partial charge in [0.15, 0.2) is 11.5 Å². The molecule has 2 aromatic carbocycles. The molecule has 0 radical (unpaired) electrons. The van der Waals surface area contributed by atoms with E-state index in [1.54, 1.807) is 55.6 Å². The van der Waals surface area contributed by atoms with Gasteiger partial charge in [0.2, 0.25) is 5.78 Å². The number of phenolic OH excluding ortho intramolecular Hbond substituents is 1. The van der Waals surface area contributed by atoms with Crippen LogP contribution < -0.4 is 4.90 Å². The van der Waals surface area contributed by atoms with E-state index in [2.05, 4.69) is 4.98 Å². The number of hydrogen-bond acceptors (Lipinski definition) is 6. The first-order valence-corrected chi connectivity index (χ1v) is 10.4. The first kappa shape index (κ1) is 20.8. The molecule has 0 bridgehead atoms. The van der Waals surface area contributed by atoms with Gasteiger partial charge < -0.3 is 14.6 Å². The first-order chi connectivity index (χ1) is 15.8. The second-order valence-electron chi connectivity index (χ2n) is 7.74. The van der Waals surface area contributed by atoms with Crippen LogP contribution in [0, 0.1) is 6.92 Å². The maximum atomic E-state index is 13.6. The molecule has 7 nitrogen and oxygen atoms in total. The maximum absolute atomic E-state index is 13.6. The average molecular weight is 461 g/mol. The molecule has 0 fully saturated rings. The molecule has 1 aliphatic heterocycles. The van der Waals surface area contributed by atoms with Gasteiger partial charge in [0.25, 0.3) is 5.91 Å². The molecule has 164 valence electrons. The molecule has 33 heavy (non-hydrogen) atoms. The molecule has 0 aliphatic carbocycles. The highest BCUT2D eigenvalue weighted by Gasteiger charge is 2.46. The summed E-state index contributed by atoms with van der Waals surface area (Å²) < 4.78 is 5.70. The number of furan rings is 1. The molecular formula is C25H17ClN2O5. The van der Waals surface area contributed by atoms with E-state index in [9.17, 15) is 19.8 Å². The topological polar surface area (TPSA) is 104 Å². The Morgan fingerprint density at radius 1 is 1.12 bits per heavy atom. The van der Waals surface area contributed by atoms with Crippen LogP contribution in [0.3, 0.4) is 0 Å². The van der Waals surface area contributed by atoms with Crippen molar-refractivity contribution in [3.8, 4) is 5.75 Å². The molecule has 0 spiro atoms. The summed E-state index contributed by atoms with van der Waals surface area (Å²) in [4.78, 5) is 32.1. The number of hydrogen-bond donors (Lipinski definition) is 2. The largest absolute Gasteiger partial charge is 0.506 e. The summed E-state index contributed by atoms with van der Waals surface area (Å²) >= 11 is 6.04. The first-order valence-electron chi connectivity index (χ1n) is 10.0. The van der Waals surface area contributed by atoms with E-state index >= 15 is 0 Å². The number of amides is 1. The highest BCUT2D eigenvalue weighted by molar-refractivity contribution is 6.31. The smallest absolute Gasteiger partial charge is 0.294 e. The number of rotatable bonds is 4. The molecule has 2 N–H and O–H groups in total. The number of halogens is 1. The Kier molecular flexibility index (Phi) is 4.91. The summed E-state index contributed by atoms with van der Waals surface area (Å²) in [5.41, 5.74) is 1.71. The molecule has 8 heteroatoms. The lowest BCUT2D eigenvalue weighted by atomic mass is 9.95. The number of aliphatic hydroxyl groups is 1. The standard InChI is InChI=1S/C25H17ClN2O5/c1-13-4-6-18(29)17(9-13)28-22(14-3-2-8-27-12-14)21(24(31)25(28)32)23(30)20-11-15-10-16(26)5-7-19(15)33-20/h2-12,22,29,31H,1H3. The number of aromatic hydroxyl groups is 1. The quantitative estimate of drug-likeness (QED) is 0.401. The predicted octanol–water partition coefficient (Wildman–Crippen LogP) is 5.28. The number of pyridine rings is 1. The van der Waals surface area contributed by atoms with Gasteiger partial charge in [0, 0.05) is 22.8 Å². The van der Waals surface area contributed by atoms with E-state index < -0.39 is 23.5 Å². The molecule has 5 rings (SSSR count). The van der Waals surface area contributed by atoms with Crippen molar-refractivity contribution in [2.45, 2.75) is 13.0 Å². The fourth-order valence-corrected chi connectivity index (χ4v) is 4.20. The minimum atomic E-state index is -1.02. The zero-order valence-corrected chi connectivity index (χ0v) is 18.1. The fraction of sp³-hybridized carbons (Fsp3) is 0.0800. The number of ketones is 1. The minimum absolute atomic E-state index is 0.0502. The third-order valence-corrected chi connectivity index (χ3v) is 5.78. The lowest BCUT2D eigenvalue weighted by Crippen LogP contribution is -2.31. The van der Waals surface area contributed by atoms with E-state index in [0.29, 0.717) is 21.6 Å². The van der Waals surface area contributed by atoms with Gasteiger partial charge in [0.05, 0.1) is 17.3 Å². The third kappa shape index (κ3) is 3.43. The second kappa shape index (κ2) is 7.79. The molecular weight excluding hydrogens is 444 g/mol. The van der Waals surface area contributed by atoms with Crippen LogP contribution >= 0.6 is 11.6 Å². The van der Waals surface area contributed by atoms with Crippen LogP contribution in [0.5, 0.6) is 5.75 Å². The van der Waals surface area contributed by atoms with Gasteiger partial charge in [-0.3, -0.25) is 19.5 Å². The van der Waals surface area contributed by atoms with Crippen molar-refractivity contribution in [1.29, 1.82) is 0 Å². The zero-order valence-electron chi connectivity index (χ0n) is 17.3. The number of aromatic nitrogens is 1. The molecule has 1 aliphatic rings. The molecule has 1 unspecified atom stereocenters. The molecule has 4 aromatic rings. The number of carbonyl (C=O) groups excluding carboxylic acids is 2. The number of benzene rings is 2. The van der Waals surface area contributed by atoms with Crippen molar-refractivity contribution in [2.75, 3.05) is 4.90 Å². The van der Waals surface area contributed by atoms with E-state index in [-0.39, 0.29) is 22.8 Å². The summed E-state index contributed by atoms with van der Waals surface area (Å²) in [7, 11) is 0. The van der Waals surface area contributed by atoms with Gasteiger partial charge in [-0.15, -0.1) is 0 Å². The average Bonchev–Trinajstić information content (AvgIpc) is 3.34. The van der Waals surface area contributed by atoms with Gasteiger partial charge >= 0.3 is 0 Å². The van der Waals surface area contributed by atoms with Gasteiger partial charge in [-0.1, -0.05) is 23.7 Å². The number of aryl methyl sites for hydroxylation is 1. The molecule has 2 aromatic heterocycles. The Morgan fingerprint density at radius 3 is 2.70 bits per heavy atom. The van der Waals surface area contributed by atoms with E-state index in [4.69, 9.17) is 16.0 Å². The molecule has 0 saturated carbocycles. The Morgan fingerprint density at radius 2 is 1.94 bits per heavy atom. The van der Waals surface area contributed by atoms with Crippen LogP contribution in [-0.4, -0.2) is 26.9 Å². The van der Waals surface area contributed by atoms with Crippen LogP contribution in [0.4, 0.5) is 5.69 Å². The van der Waals surface area contributed by atoms with Crippen molar-refractivity contribution in [3.63, 3.8) is 0 Å². The van der Waals surface area contributed by atoms with Gasteiger partial charge in [-0.05, 0) is 60.5 Å². The van der Waals surface area contributed by atoms with Crippen molar-refractivity contribution in [3.05, 3.63) is 100 Å². The van der Waals surface area contributed by atoms with Crippen LogP contribution in [0.15, 0.2) is 82.7 Å². The number of aliphatic hydroxyl groups excluding tert-OH is 1. The lowest BCUT2D eigenvalue weighted by molar-refractivity contribution is -0.117. The number of nitrogens with zero attached hydrogens (tertiary/aromatic N) is 2. The highest BCUT2D eigenvalue weighted by Crippen LogP contribution is 2.45. The van der Waals surface area contributed by atoms with Crippen LogP contribution in [0.2, 0.25) is 5.02 Å². The number of anilines is 1. The number of phenols is 1. The number of carbonyl (C=O) groups is 2. The Bertz CT molecular complexity index is 1460. The number of fused-ring (bicyclic) bond motifs is 1. The number of Topliss-reactive ketones (excluding diaryl/α,β-unsaturated/α-hetero) is 1. The molecule has 3 heterocycles. The zero-order chi connectivity index (χ0) is 23.3. The summed E-state index contributed by atoms with van der Waals surface area (Å²) in [6.07, 6.45) is 3.06. The van der Waals surface area contributed by atoms with Crippen molar-refractivity contribution >= 4 is 39.9 Å². The second-order valence-corrected chi connectivity index (χ2v) is 8.18. The van der Waals surface area contributed by atoms with Crippen LogP contribution in [0.25, 0.3) is 11.0 Å². The summed E-state index contributed by atoms with van der Waals surface area (Å²) in [5.74, 6) is -2.40. The predicted molar refractivity (Wildman–Crippen MR) is 123 cm³/mol. The highest BCUT2D eigenvalue weighted by atomic mass is 35.5. The molecule has 0 saturated heterocycles. The molecule has 1 amide bonds. The van der Waals surface area contributed by atoms with E-state index in [1.807, 2.05) is 0 Å². The SMILES string of the molecule is Cc1ccc(O)c(N2C(=O)C(O)=C(C(=O)c3cc4cc(Cl)ccc4o3)C2c2cccnc2)c1. The van der Waals surface area contributed by atoms with Crippen molar-refractivity contribution < 1.29 is 24.2 Å². The fourth-order valence-electron chi connectivity index (χ4n) is 4.02. The summed E-state index contributed by atoms with van der Waals surface area (Å²) in [6, 6.07) is 13.5. The Labute approximate surface area is 193 Å². The van der Waals surface area contributed by atoms with Gasteiger partial charge in [0.1, 0.15) is 11.3 Å². The van der Waals surface area contributed by atoms with Crippen molar-refractivity contribution in [2.24, 2.45) is 0 Å². The van der Waals surface area contributed by atoms with Gasteiger partial charge in [-0.25, -0.2) is 0 Å². The van der Waals surface area contributed by atoms with E-state index in [1.165, 1.54) is 23.2 Å². The van der Waals surface area contributed by atoms with E-state index in [0.717, 1.165) is 5.56 Å². The van der Waals surface area contributed by atoms with Crippen LogP contribution in [-0.2, 0) is 4.79 Å². The van der Waals surface area contributed by atoms with Gasteiger partial charge in [-0.2, -0.15) is 0 Å². The maximum Gasteiger partial charge on any atom is 0.294 e. The molecule has 1 atom stereocenters. The monoisotopic (exact) mass is 460 g/mol. The Hall–Kier alpha value is -4.10. The third-order valence-electron chi connectivity index (χ3n) is 5.55. The Balaban J connectivity index is 1.68. The summed E-state index contributed by atoms with van der Waals surface area (Å²) in [5, 5.41) is 22.4.